The van der Waals surface area contributed by atoms with E-state index in [1.165, 1.54) is 54.6 Å². The van der Waals surface area contributed by atoms with Gasteiger partial charge in [-0.2, -0.15) is 0 Å². The van der Waals surface area contributed by atoms with Crippen molar-refractivity contribution in [2.75, 3.05) is 0 Å². The molecule has 0 atom stereocenters. The Labute approximate surface area is 275 Å². The lowest BCUT2D eigenvalue weighted by Crippen LogP contribution is -1.89. The second-order valence-corrected chi connectivity index (χ2v) is 12.8. The first-order valence-corrected chi connectivity index (χ1v) is 16.4. The molecule has 2 heterocycles. The fourth-order valence-electron chi connectivity index (χ4n) is 8.01. The first-order valence-electron chi connectivity index (χ1n) is 16.4. The summed E-state index contributed by atoms with van der Waals surface area (Å²) in [5.74, 6) is 0. The molecule has 0 fully saturated rings. The number of benzene rings is 9. The summed E-state index contributed by atoms with van der Waals surface area (Å²) in [5.41, 5.74) is 10.7. The molecule has 222 valence electrons. The highest BCUT2D eigenvalue weighted by atomic mass is 16.3. The third kappa shape index (κ3) is 3.57. The molecule has 2 aromatic heterocycles. The maximum absolute atomic E-state index is 6.62. The average molecular weight is 611 g/mol. The van der Waals surface area contributed by atoms with Crippen molar-refractivity contribution >= 4 is 76.2 Å². The van der Waals surface area contributed by atoms with Gasteiger partial charge in [-0.1, -0.05) is 127 Å². The third-order valence-electron chi connectivity index (χ3n) is 10.2. The van der Waals surface area contributed by atoms with Crippen LogP contribution in [-0.2, 0) is 0 Å². The van der Waals surface area contributed by atoms with Gasteiger partial charge in [0.15, 0.2) is 0 Å². The third-order valence-corrected chi connectivity index (χ3v) is 10.2. The zero-order valence-electron chi connectivity index (χ0n) is 25.8. The van der Waals surface area contributed by atoms with Crippen LogP contribution in [0.15, 0.2) is 167 Å². The number of hydrogen-bond donors (Lipinski definition) is 0. The van der Waals surface area contributed by atoms with Gasteiger partial charge in [0.25, 0.3) is 0 Å². The summed E-state index contributed by atoms with van der Waals surface area (Å²) in [6, 6.07) is 56.7. The average Bonchev–Trinajstić information content (AvgIpc) is 3.72. The molecule has 0 aliphatic heterocycles. The fourth-order valence-corrected chi connectivity index (χ4v) is 8.01. The minimum Gasteiger partial charge on any atom is -0.456 e. The molecular formula is C46H26O2. The van der Waals surface area contributed by atoms with Crippen LogP contribution in [-0.4, -0.2) is 0 Å². The minimum atomic E-state index is 0.890. The van der Waals surface area contributed by atoms with Crippen molar-refractivity contribution < 1.29 is 8.83 Å². The van der Waals surface area contributed by atoms with E-state index in [1.807, 2.05) is 12.1 Å². The normalized spacial score (nSPS) is 12.2. The quantitative estimate of drug-likeness (QED) is 0.186. The summed E-state index contributed by atoms with van der Waals surface area (Å²) in [6.07, 6.45) is 0. The van der Waals surface area contributed by atoms with Gasteiger partial charge in [0.1, 0.15) is 22.3 Å². The number of fused-ring (bicyclic) bond motifs is 6. The smallest absolute Gasteiger partial charge is 0.143 e. The Kier molecular flexibility index (Phi) is 5.14. The number of furan rings is 2. The van der Waals surface area contributed by atoms with Crippen LogP contribution in [0.3, 0.4) is 0 Å². The zero-order chi connectivity index (χ0) is 31.3. The highest BCUT2D eigenvalue weighted by Crippen LogP contribution is 2.44. The first-order chi connectivity index (χ1) is 23.8. The largest absolute Gasteiger partial charge is 0.456 e. The molecule has 2 nitrogen and oxygen atoms in total. The second-order valence-electron chi connectivity index (χ2n) is 12.8. The van der Waals surface area contributed by atoms with Crippen molar-refractivity contribution in [1.82, 2.24) is 0 Å². The second kappa shape index (κ2) is 9.57. The maximum Gasteiger partial charge on any atom is 0.143 e. The monoisotopic (exact) mass is 610 g/mol. The molecule has 11 aromatic rings. The van der Waals surface area contributed by atoms with Crippen molar-refractivity contribution in [3.63, 3.8) is 0 Å². The Hall–Kier alpha value is -6.38. The number of hydrogen-bond acceptors (Lipinski definition) is 2. The van der Waals surface area contributed by atoms with Gasteiger partial charge in [0, 0.05) is 27.1 Å². The Morgan fingerprint density at radius 1 is 0.292 bits per heavy atom. The van der Waals surface area contributed by atoms with Gasteiger partial charge in [-0.05, 0) is 90.5 Å². The summed E-state index contributed by atoms with van der Waals surface area (Å²) in [7, 11) is 0. The Bertz CT molecular complexity index is 3050. The van der Waals surface area contributed by atoms with Crippen LogP contribution >= 0.6 is 0 Å². The molecule has 0 aliphatic carbocycles. The maximum atomic E-state index is 6.62. The summed E-state index contributed by atoms with van der Waals surface area (Å²) in [6.45, 7) is 0. The molecule has 2 heteroatoms. The van der Waals surface area contributed by atoms with Crippen molar-refractivity contribution in [1.29, 1.82) is 0 Å². The molecule has 0 unspecified atom stereocenters. The van der Waals surface area contributed by atoms with E-state index in [-0.39, 0.29) is 0 Å². The molecule has 0 saturated carbocycles. The lowest BCUT2D eigenvalue weighted by atomic mass is 9.87. The van der Waals surface area contributed by atoms with E-state index < -0.39 is 0 Å². The summed E-state index contributed by atoms with van der Waals surface area (Å²) < 4.78 is 12.7. The van der Waals surface area contributed by atoms with Crippen LogP contribution in [0.1, 0.15) is 0 Å². The fraction of sp³-hybridized carbons (Fsp3) is 0. The van der Waals surface area contributed by atoms with E-state index in [0.717, 1.165) is 55.0 Å². The standard InChI is InChI=1S/C46H26O2/c1-2-7-27(8-3-1)32-19-13-28-16-22-37-33(20-14-29-15-21-36(32)44(28)45(29)37)30-17-24-43-40(25-30)38-11-6-10-34(46(38)48-43)31-18-23-42-39(26-31)35-9-4-5-12-41(35)47-42/h1-26H. The molecule has 0 radical (unpaired) electrons. The van der Waals surface area contributed by atoms with Crippen molar-refractivity contribution in [3.05, 3.63) is 158 Å². The van der Waals surface area contributed by atoms with Crippen LogP contribution < -0.4 is 0 Å². The Morgan fingerprint density at radius 2 is 0.854 bits per heavy atom. The Morgan fingerprint density at radius 3 is 1.60 bits per heavy atom. The highest BCUT2D eigenvalue weighted by molar-refractivity contribution is 6.27. The Balaban J connectivity index is 1.10. The number of para-hydroxylation sites is 2. The van der Waals surface area contributed by atoms with E-state index in [2.05, 4.69) is 146 Å². The van der Waals surface area contributed by atoms with Crippen LogP contribution in [0.5, 0.6) is 0 Å². The van der Waals surface area contributed by atoms with E-state index in [1.54, 1.807) is 0 Å². The molecule has 0 bridgehead atoms. The van der Waals surface area contributed by atoms with Gasteiger partial charge >= 0.3 is 0 Å². The van der Waals surface area contributed by atoms with Crippen LogP contribution in [0, 0.1) is 0 Å². The minimum absolute atomic E-state index is 0.890. The van der Waals surface area contributed by atoms with Gasteiger partial charge in [-0.25, -0.2) is 0 Å². The molecule has 0 N–H and O–H groups in total. The molecule has 0 aliphatic rings. The summed E-state index contributed by atoms with van der Waals surface area (Å²) >= 11 is 0. The van der Waals surface area contributed by atoms with Crippen molar-refractivity contribution in [2.45, 2.75) is 0 Å². The summed E-state index contributed by atoms with van der Waals surface area (Å²) in [5, 5.41) is 12.2. The van der Waals surface area contributed by atoms with Crippen LogP contribution in [0.4, 0.5) is 0 Å². The van der Waals surface area contributed by atoms with E-state index >= 15 is 0 Å². The lowest BCUT2D eigenvalue weighted by molar-refractivity contribution is 0.668. The van der Waals surface area contributed by atoms with Gasteiger partial charge in [-0.3, -0.25) is 0 Å². The molecule has 48 heavy (non-hydrogen) atoms. The summed E-state index contributed by atoms with van der Waals surface area (Å²) in [4.78, 5) is 0. The molecule has 0 amide bonds. The van der Waals surface area contributed by atoms with E-state index in [9.17, 15) is 0 Å². The topological polar surface area (TPSA) is 26.3 Å². The molecule has 0 spiro atoms. The molecule has 9 aromatic carbocycles. The van der Waals surface area contributed by atoms with Gasteiger partial charge in [-0.15, -0.1) is 0 Å². The van der Waals surface area contributed by atoms with Crippen LogP contribution in [0.2, 0.25) is 0 Å². The number of rotatable bonds is 3. The van der Waals surface area contributed by atoms with Crippen LogP contribution in [0.25, 0.3) is 110 Å². The van der Waals surface area contributed by atoms with Gasteiger partial charge in [0.2, 0.25) is 0 Å². The first kappa shape index (κ1) is 25.8. The van der Waals surface area contributed by atoms with E-state index in [0.29, 0.717) is 0 Å². The molecule has 11 rings (SSSR count). The van der Waals surface area contributed by atoms with Crippen molar-refractivity contribution in [2.24, 2.45) is 0 Å². The molecular weight excluding hydrogens is 585 g/mol. The van der Waals surface area contributed by atoms with E-state index in [4.69, 9.17) is 8.83 Å². The molecule has 0 saturated heterocycles. The zero-order valence-corrected chi connectivity index (χ0v) is 25.8. The predicted molar refractivity (Wildman–Crippen MR) is 201 cm³/mol. The highest BCUT2D eigenvalue weighted by Gasteiger charge is 2.18. The van der Waals surface area contributed by atoms with Crippen molar-refractivity contribution in [3.8, 4) is 33.4 Å². The SMILES string of the molecule is c1ccc(-c2ccc3ccc4c(-c5ccc6oc7c(-c8ccc9oc%10ccccc%10c9c8)cccc7c6c5)ccc5ccc2c3c54)cc1. The predicted octanol–water partition coefficient (Wildman–Crippen LogP) is 13.4. The van der Waals surface area contributed by atoms with Gasteiger partial charge in [0.05, 0.1) is 0 Å². The lowest BCUT2D eigenvalue weighted by Gasteiger charge is -2.16. The van der Waals surface area contributed by atoms with Gasteiger partial charge < -0.3 is 8.83 Å².